The predicted molar refractivity (Wildman–Crippen MR) is 50.8 cm³/mol. The van der Waals surface area contributed by atoms with E-state index in [0.717, 1.165) is 6.42 Å². The largest absolute Gasteiger partial charge is 0.452 e. The van der Waals surface area contributed by atoms with E-state index in [1.165, 1.54) is 12.0 Å². The number of amides is 1. The fourth-order valence-corrected chi connectivity index (χ4v) is 0.859. The smallest absolute Gasteiger partial charge is 0.416 e. The summed E-state index contributed by atoms with van der Waals surface area (Å²) in [5.41, 5.74) is 0. The second-order valence-electron chi connectivity index (χ2n) is 2.84. The van der Waals surface area contributed by atoms with Crippen LogP contribution >= 0.6 is 0 Å². The molecular formula is C8H17N3O2. The first-order valence-corrected chi connectivity index (χ1v) is 4.16. The minimum Gasteiger partial charge on any atom is -0.452 e. The van der Waals surface area contributed by atoms with E-state index in [0.29, 0.717) is 6.54 Å². The number of carbonyl (C=O) groups is 1. The molecule has 5 nitrogen and oxygen atoms in total. The quantitative estimate of drug-likeness (QED) is 0.517. The lowest BCUT2D eigenvalue weighted by molar-refractivity contribution is 0.142. The Morgan fingerprint density at radius 3 is 2.31 bits per heavy atom. The second kappa shape index (κ2) is 5.40. The third-order valence-electron chi connectivity index (χ3n) is 1.52. The molecule has 76 valence electrons. The summed E-state index contributed by atoms with van der Waals surface area (Å²) in [6, 6.07) is 0. The molecule has 0 unspecified atom stereocenters. The molecule has 0 aliphatic rings. The van der Waals surface area contributed by atoms with Crippen LogP contribution in [0.25, 0.3) is 0 Å². The topological polar surface area (TPSA) is 56.6 Å². The molecule has 0 fully saturated rings. The lowest BCUT2D eigenvalue weighted by atomic mass is 10.4. The van der Waals surface area contributed by atoms with Crippen LogP contribution in [0.2, 0.25) is 0 Å². The van der Waals surface area contributed by atoms with Crippen LogP contribution in [0.15, 0.2) is 0 Å². The first-order valence-electron chi connectivity index (χ1n) is 4.16. The molecule has 5 heteroatoms. The van der Waals surface area contributed by atoms with Gasteiger partial charge in [-0.05, 0) is 6.42 Å². The monoisotopic (exact) mass is 187 g/mol. The lowest BCUT2D eigenvalue weighted by Crippen LogP contribution is -2.44. The molecular weight excluding hydrogens is 170 g/mol. The summed E-state index contributed by atoms with van der Waals surface area (Å²) in [6.07, 6.45) is 0.311. The molecule has 0 aromatic heterocycles. The number of ether oxygens (including phenoxy) is 1. The van der Waals surface area contributed by atoms with Crippen molar-refractivity contribution in [2.75, 3.05) is 27.7 Å². The summed E-state index contributed by atoms with van der Waals surface area (Å²) in [5, 5.41) is 7.59. The minimum absolute atomic E-state index is 0.147. The van der Waals surface area contributed by atoms with Gasteiger partial charge in [-0.3, -0.25) is 5.41 Å². The molecule has 0 aromatic carbocycles. The van der Waals surface area contributed by atoms with E-state index in [4.69, 9.17) is 5.41 Å². The number of carbonyl (C=O) groups excluding carboxylic acids is 1. The van der Waals surface area contributed by atoms with Crippen molar-refractivity contribution >= 4 is 12.1 Å². The highest BCUT2D eigenvalue weighted by molar-refractivity contribution is 5.91. The average Bonchev–Trinajstić information content (AvgIpc) is 2.11. The van der Waals surface area contributed by atoms with Crippen LogP contribution in [0.3, 0.4) is 0 Å². The van der Waals surface area contributed by atoms with Crippen molar-refractivity contribution in [1.82, 2.24) is 9.80 Å². The number of methoxy groups -OCH3 is 1. The van der Waals surface area contributed by atoms with Crippen molar-refractivity contribution in [2.45, 2.75) is 13.3 Å². The van der Waals surface area contributed by atoms with Gasteiger partial charge in [0.15, 0.2) is 0 Å². The fraction of sp³-hybridized carbons (Fsp3) is 0.750. The SMILES string of the molecule is CCCN(C(=N)N(C)C)C(=O)OC. The van der Waals surface area contributed by atoms with E-state index in [-0.39, 0.29) is 5.96 Å². The Bertz CT molecular complexity index is 192. The number of hydrogen-bond acceptors (Lipinski definition) is 3. The average molecular weight is 187 g/mol. The van der Waals surface area contributed by atoms with E-state index in [9.17, 15) is 4.79 Å². The number of hydrogen-bond donors (Lipinski definition) is 1. The van der Waals surface area contributed by atoms with Gasteiger partial charge in [0.25, 0.3) is 0 Å². The number of nitrogens with zero attached hydrogens (tertiary/aromatic N) is 2. The maximum atomic E-state index is 11.2. The van der Waals surface area contributed by atoms with Crippen LogP contribution in [0.5, 0.6) is 0 Å². The van der Waals surface area contributed by atoms with Gasteiger partial charge in [-0.1, -0.05) is 6.92 Å². The number of rotatable bonds is 2. The van der Waals surface area contributed by atoms with Crippen molar-refractivity contribution in [3.63, 3.8) is 0 Å². The summed E-state index contributed by atoms with van der Waals surface area (Å²) in [4.78, 5) is 14.0. The third kappa shape index (κ3) is 3.31. The lowest BCUT2D eigenvalue weighted by Gasteiger charge is -2.25. The molecule has 1 amide bonds. The van der Waals surface area contributed by atoms with Gasteiger partial charge in [0.1, 0.15) is 0 Å². The van der Waals surface area contributed by atoms with Crippen molar-refractivity contribution in [1.29, 1.82) is 5.41 Å². The second-order valence-corrected chi connectivity index (χ2v) is 2.84. The fourth-order valence-electron chi connectivity index (χ4n) is 0.859. The third-order valence-corrected chi connectivity index (χ3v) is 1.52. The van der Waals surface area contributed by atoms with E-state index in [1.54, 1.807) is 19.0 Å². The molecule has 13 heavy (non-hydrogen) atoms. The molecule has 0 aliphatic carbocycles. The van der Waals surface area contributed by atoms with Gasteiger partial charge in [0.05, 0.1) is 7.11 Å². The van der Waals surface area contributed by atoms with Gasteiger partial charge in [0, 0.05) is 20.6 Å². The Morgan fingerprint density at radius 1 is 1.46 bits per heavy atom. The summed E-state index contributed by atoms with van der Waals surface area (Å²) in [7, 11) is 4.75. The van der Waals surface area contributed by atoms with E-state index in [1.807, 2.05) is 6.92 Å². The Morgan fingerprint density at radius 2 is 2.00 bits per heavy atom. The molecule has 0 atom stereocenters. The Labute approximate surface area is 78.8 Å². The highest BCUT2D eigenvalue weighted by Crippen LogP contribution is 1.98. The molecule has 0 radical (unpaired) electrons. The van der Waals surface area contributed by atoms with E-state index < -0.39 is 6.09 Å². The maximum absolute atomic E-state index is 11.2. The number of guanidine groups is 1. The highest BCUT2D eigenvalue weighted by Gasteiger charge is 2.18. The molecule has 0 bridgehead atoms. The van der Waals surface area contributed by atoms with Crippen molar-refractivity contribution in [3.8, 4) is 0 Å². The Balaban J connectivity index is 4.41. The normalized spacial score (nSPS) is 9.23. The van der Waals surface area contributed by atoms with Crippen molar-refractivity contribution in [2.24, 2.45) is 0 Å². The molecule has 0 heterocycles. The van der Waals surface area contributed by atoms with Crippen LogP contribution in [-0.4, -0.2) is 49.6 Å². The molecule has 0 saturated heterocycles. The van der Waals surface area contributed by atoms with Crippen molar-refractivity contribution in [3.05, 3.63) is 0 Å². The van der Waals surface area contributed by atoms with Crippen LogP contribution in [0.1, 0.15) is 13.3 Å². The van der Waals surface area contributed by atoms with Crippen molar-refractivity contribution < 1.29 is 9.53 Å². The summed E-state index contributed by atoms with van der Waals surface area (Å²) in [6.45, 7) is 2.45. The molecule has 0 spiro atoms. The maximum Gasteiger partial charge on any atom is 0.416 e. The zero-order chi connectivity index (χ0) is 10.4. The van der Waals surface area contributed by atoms with Gasteiger partial charge >= 0.3 is 6.09 Å². The van der Waals surface area contributed by atoms with Crippen LogP contribution in [0, 0.1) is 5.41 Å². The molecule has 0 rings (SSSR count). The van der Waals surface area contributed by atoms with E-state index in [2.05, 4.69) is 4.74 Å². The summed E-state index contributed by atoms with van der Waals surface area (Å²) < 4.78 is 4.56. The van der Waals surface area contributed by atoms with Gasteiger partial charge in [-0.25, -0.2) is 9.69 Å². The van der Waals surface area contributed by atoms with Crippen LogP contribution in [0.4, 0.5) is 4.79 Å². The van der Waals surface area contributed by atoms with Gasteiger partial charge in [0.2, 0.25) is 5.96 Å². The zero-order valence-electron chi connectivity index (χ0n) is 8.63. The number of nitrogens with one attached hydrogen (secondary N) is 1. The Hall–Kier alpha value is -1.26. The molecule has 0 saturated carbocycles. The van der Waals surface area contributed by atoms with Gasteiger partial charge in [-0.15, -0.1) is 0 Å². The van der Waals surface area contributed by atoms with Crippen LogP contribution in [-0.2, 0) is 4.74 Å². The first kappa shape index (κ1) is 11.7. The van der Waals surface area contributed by atoms with Gasteiger partial charge < -0.3 is 9.64 Å². The van der Waals surface area contributed by atoms with Gasteiger partial charge in [-0.2, -0.15) is 0 Å². The van der Waals surface area contributed by atoms with Crippen LogP contribution < -0.4 is 0 Å². The minimum atomic E-state index is -0.486. The predicted octanol–water partition coefficient (Wildman–Crippen LogP) is 0.961. The first-order chi connectivity index (χ1) is 6.04. The Kier molecular flexibility index (Phi) is 4.87. The standard InChI is InChI=1S/C8H17N3O2/c1-5-6-11(8(12)13-4)7(9)10(2)3/h9H,5-6H2,1-4H3. The molecule has 0 aliphatic heterocycles. The molecule has 0 aromatic rings. The van der Waals surface area contributed by atoms with E-state index >= 15 is 0 Å². The summed E-state index contributed by atoms with van der Waals surface area (Å²) >= 11 is 0. The summed E-state index contributed by atoms with van der Waals surface area (Å²) in [5.74, 6) is 0.147. The zero-order valence-corrected chi connectivity index (χ0v) is 8.63. The highest BCUT2D eigenvalue weighted by atomic mass is 16.5. The molecule has 1 N–H and O–H groups in total.